The number of imide groups is 2. The molecule has 266 valence electrons. The van der Waals surface area contributed by atoms with Gasteiger partial charge in [-0.15, -0.1) is 23.2 Å². The number of allylic oxidation sites excluding steroid dienone is 2. The van der Waals surface area contributed by atoms with Gasteiger partial charge in [0.25, 0.3) is 11.8 Å². The van der Waals surface area contributed by atoms with Gasteiger partial charge in [0, 0.05) is 16.5 Å². The number of para-hydroxylation sites is 1. The van der Waals surface area contributed by atoms with Gasteiger partial charge >= 0.3 is 0 Å². The van der Waals surface area contributed by atoms with Gasteiger partial charge in [-0.1, -0.05) is 47.5 Å². The third-order valence-corrected chi connectivity index (χ3v) is 12.0. The Morgan fingerprint density at radius 1 is 0.863 bits per heavy atom. The Morgan fingerprint density at radius 3 is 2.16 bits per heavy atom. The minimum absolute atomic E-state index is 0.0407. The summed E-state index contributed by atoms with van der Waals surface area (Å²) < 4.78 is 79.3. The van der Waals surface area contributed by atoms with Crippen LogP contribution in [0.3, 0.4) is 0 Å². The van der Waals surface area contributed by atoms with E-state index >= 15 is 8.78 Å². The fourth-order valence-corrected chi connectivity index (χ4v) is 9.00. The maximum absolute atomic E-state index is 15.3. The third kappa shape index (κ3) is 4.73. The Bertz CT molecular complexity index is 2090. The van der Waals surface area contributed by atoms with Crippen LogP contribution in [0.2, 0.25) is 5.02 Å². The Kier molecular flexibility index (Phi) is 8.52. The molecule has 1 N–H and O–H groups in total. The van der Waals surface area contributed by atoms with Crippen molar-refractivity contribution in [2.45, 2.75) is 35.4 Å². The largest absolute Gasteiger partial charge is 0.491 e. The number of aliphatic hydroxyl groups excluding tert-OH is 1. The van der Waals surface area contributed by atoms with Gasteiger partial charge in [-0.3, -0.25) is 19.2 Å². The molecule has 6 atom stereocenters. The molecule has 1 saturated carbocycles. The van der Waals surface area contributed by atoms with Crippen LogP contribution in [-0.2, 0) is 19.2 Å². The van der Waals surface area contributed by atoms with E-state index in [9.17, 15) is 37.5 Å². The molecule has 2 aliphatic carbocycles. The number of ether oxygens (including phenoxy) is 1. The molecule has 7 rings (SSSR count). The normalized spacial score (nSPS) is 28.5. The van der Waals surface area contributed by atoms with Crippen molar-refractivity contribution in [1.29, 1.82) is 0 Å². The molecule has 2 saturated heterocycles. The number of fused-ring (bicyclic) bond motifs is 4. The molecule has 8 nitrogen and oxygen atoms in total. The summed E-state index contributed by atoms with van der Waals surface area (Å²) in [7, 11) is 0. The van der Waals surface area contributed by atoms with Crippen LogP contribution in [0.15, 0.2) is 54.1 Å². The minimum atomic E-state index is -2.71. The van der Waals surface area contributed by atoms with E-state index in [1.54, 1.807) is 25.1 Å². The van der Waals surface area contributed by atoms with E-state index in [4.69, 9.17) is 39.5 Å². The van der Waals surface area contributed by atoms with Crippen LogP contribution in [0.25, 0.3) is 0 Å². The summed E-state index contributed by atoms with van der Waals surface area (Å²) in [5, 5.41) is 9.78. The first kappa shape index (κ1) is 35.4. The molecule has 2 aliphatic heterocycles. The average Bonchev–Trinajstić information content (AvgIpc) is 3.45. The van der Waals surface area contributed by atoms with Gasteiger partial charge in [0.15, 0.2) is 33.0 Å². The number of nitrogens with zero attached hydrogens (tertiary/aromatic N) is 2. The molecule has 4 amide bonds. The SMILES string of the molecule is Cc1ccc(N2C(=O)[C@H]3[C@H](CC=C4[C@H]3C[C@@]3(Cl)C(=O)N(c5c(F)c(F)c(F)c(F)c5F)C(=O)[C@@]3(Cl)[C@H]4c3ccccc3OCCO)C2=O)cc1Cl. The molecule has 0 bridgehead atoms. The first-order valence-corrected chi connectivity index (χ1v) is 16.7. The van der Waals surface area contributed by atoms with Crippen LogP contribution in [-0.4, -0.2) is 51.7 Å². The van der Waals surface area contributed by atoms with Gasteiger partial charge in [0.1, 0.15) is 18.0 Å². The fraction of sp³-hybridized carbons (Fsp3) is 0.314. The highest BCUT2D eigenvalue weighted by Gasteiger charge is 2.77. The number of hydrogen-bond acceptors (Lipinski definition) is 6. The zero-order valence-electron chi connectivity index (χ0n) is 26.2. The molecule has 0 spiro atoms. The zero-order chi connectivity index (χ0) is 36.9. The molecular formula is C35H24Cl3F5N2O6. The zero-order valence-corrected chi connectivity index (χ0v) is 28.4. The highest BCUT2D eigenvalue weighted by Crippen LogP contribution is 2.66. The minimum Gasteiger partial charge on any atom is -0.491 e. The van der Waals surface area contributed by atoms with Gasteiger partial charge in [0.05, 0.1) is 24.1 Å². The van der Waals surface area contributed by atoms with Gasteiger partial charge in [0.2, 0.25) is 17.6 Å². The molecule has 2 heterocycles. The number of halogens is 8. The summed E-state index contributed by atoms with van der Waals surface area (Å²) in [6.07, 6.45) is 0.883. The highest BCUT2D eigenvalue weighted by molar-refractivity contribution is 6.58. The number of hydrogen-bond donors (Lipinski definition) is 1. The van der Waals surface area contributed by atoms with Crippen LogP contribution in [0, 0.1) is 53.8 Å². The summed E-state index contributed by atoms with van der Waals surface area (Å²) in [4.78, 5) is 52.3. The van der Waals surface area contributed by atoms with Crippen LogP contribution in [0.1, 0.15) is 29.9 Å². The molecular weight excluding hydrogens is 746 g/mol. The van der Waals surface area contributed by atoms with Gasteiger partial charge < -0.3 is 9.84 Å². The van der Waals surface area contributed by atoms with Crippen molar-refractivity contribution in [1.82, 2.24) is 0 Å². The first-order chi connectivity index (χ1) is 24.1. The number of alkyl halides is 2. The second kappa shape index (κ2) is 12.3. The lowest BCUT2D eigenvalue weighted by molar-refractivity contribution is -0.125. The Hall–Kier alpha value is -4.04. The van der Waals surface area contributed by atoms with Crippen molar-refractivity contribution < 1.29 is 51.0 Å². The van der Waals surface area contributed by atoms with Crippen LogP contribution >= 0.6 is 34.8 Å². The number of anilines is 2. The molecule has 0 unspecified atom stereocenters. The molecule has 3 fully saturated rings. The van der Waals surface area contributed by atoms with Crippen molar-refractivity contribution in [3.63, 3.8) is 0 Å². The topological polar surface area (TPSA) is 104 Å². The van der Waals surface area contributed by atoms with E-state index in [1.165, 1.54) is 30.3 Å². The van der Waals surface area contributed by atoms with Crippen molar-refractivity contribution in [3.05, 3.63) is 99.3 Å². The van der Waals surface area contributed by atoms with Crippen LogP contribution in [0.5, 0.6) is 5.75 Å². The molecule has 4 aliphatic rings. The number of aliphatic hydroxyl groups is 1. The van der Waals surface area contributed by atoms with Crippen molar-refractivity contribution in [2.24, 2.45) is 17.8 Å². The summed E-state index contributed by atoms with van der Waals surface area (Å²) in [5.41, 5.74) is -0.650. The van der Waals surface area contributed by atoms with Crippen LogP contribution in [0.4, 0.5) is 33.3 Å². The van der Waals surface area contributed by atoms with Crippen molar-refractivity contribution >= 4 is 69.8 Å². The Labute approximate surface area is 301 Å². The monoisotopic (exact) mass is 768 g/mol. The van der Waals surface area contributed by atoms with E-state index in [0.29, 0.717) is 5.56 Å². The lowest BCUT2D eigenvalue weighted by Gasteiger charge is -2.50. The molecule has 0 aromatic heterocycles. The molecule has 3 aromatic carbocycles. The van der Waals surface area contributed by atoms with Crippen molar-refractivity contribution in [2.75, 3.05) is 23.0 Å². The van der Waals surface area contributed by atoms with E-state index in [-0.39, 0.29) is 45.5 Å². The lowest BCUT2D eigenvalue weighted by Crippen LogP contribution is -2.60. The first-order valence-electron chi connectivity index (χ1n) is 15.6. The quantitative estimate of drug-likeness (QED) is 0.0769. The number of benzene rings is 3. The summed E-state index contributed by atoms with van der Waals surface area (Å²) in [6.45, 7) is 1.04. The van der Waals surface area contributed by atoms with Gasteiger partial charge in [-0.2, -0.15) is 0 Å². The second-order valence-electron chi connectivity index (χ2n) is 12.7. The van der Waals surface area contributed by atoms with Crippen LogP contribution < -0.4 is 14.5 Å². The summed E-state index contributed by atoms with van der Waals surface area (Å²) in [5.74, 6) is -21.5. The summed E-state index contributed by atoms with van der Waals surface area (Å²) in [6, 6.07) is 10.6. The van der Waals surface area contributed by atoms with E-state index in [0.717, 1.165) is 4.90 Å². The number of amides is 4. The summed E-state index contributed by atoms with van der Waals surface area (Å²) >= 11 is 20.7. The number of carbonyl (C=O) groups is 4. The molecule has 0 radical (unpaired) electrons. The smallest absolute Gasteiger partial charge is 0.258 e. The molecule has 51 heavy (non-hydrogen) atoms. The predicted octanol–water partition coefficient (Wildman–Crippen LogP) is 6.48. The maximum Gasteiger partial charge on any atom is 0.258 e. The third-order valence-electron chi connectivity index (χ3n) is 10.2. The maximum atomic E-state index is 15.3. The molecule has 3 aromatic rings. The number of rotatable bonds is 6. The number of carbonyl (C=O) groups excluding carboxylic acids is 4. The molecule has 16 heteroatoms. The predicted molar refractivity (Wildman–Crippen MR) is 174 cm³/mol. The van der Waals surface area contributed by atoms with E-state index < -0.39 is 105 Å². The van der Waals surface area contributed by atoms with Gasteiger partial charge in [-0.05, 0) is 49.4 Å². The standard InChI is InChI=1S/C35H24Cl3F5N2O6/c1-14-6-7-15(12-20(14)36)44-30(47)18-9-8-16-19(22(18)31(44)48)13-34(37)32(49)45(29-27(42)25(40)24(39)26(41)28(29)43)33(50)35(34,38)23(16)17-4-2-3-5-21(17)51-11-10-46/h2-8,12,18-19,22-23,46H,9-11,13H2,1H3/t18-,19+,22-,23+,34+,35-/m0/s1. The Balaban J connectivity index is 1.44. The number of aryl methyl sites for hydroxylation is 1. The van der Waals surface area contributed by atoms with Crippen molar-refractivity contribution in [3.8, 4) is 5.75 Å². The lowest BCUT2D eigenvalue weighted by atomic mass is 9.56. The van der Waals surface area contributed by atoms with E-state index in [1.807, 2.05) is 0 Å². The van der Waals surface area contributed by atoms with Gasteiger partial charge in [-0.25, -0.2) is 31.8 Å². The second-order valence-corrected chi connectivity index (χ2v) is 14.4. The van der Waals surface area contributed by atoms with E-state index in [2.05, 4.69) is 0 Å². The Morgan fingerprint density at radius 2 is 1.51 bits per heavy atom. The fourth-order valence-electron chi connectivity index (χ4n) is 7.89. The average molecular weight is 770 g/mol. The highest BCUT2D eigenvalue weighted by atomic mass is 35.5.